The molecule has 4 aromatic carbocycles. The minimum absolute atomic E-state index is 0.200. The van der Waals surface area contributed by atoms with Gasteiger partial charge in [-0.1, -0.05) is 121 Å². The lowest BCUT2D eigenvalue weighted by Crippen LogP contribution is -2.53. The maximum Gasteiger partial charge on any atom is 0.543 e. The van der Waals surface area contributed by atoms with Crippen molar-refractivity contribution >= 4 is 8.03 Å². The zero-order valence-electron chi connectivity index (χ0n) is 22.3. The Balaban J connectivity index is 1.36. The molecule has 6 nitrogen and oxygen atoms in total. The first-order valence-electron chi connectivity index (χ1n) is 13.5. The second-order valence-electron chi connectivity index (χ2n) is 9.64. The molecule has 40 heavy (non-hydrogen) atoms. The van der Waals surface area contributed by atoms with Crippen molar-refractivity contribution in [1.29, 1.82) is 0 Å². The Bertz CT molecular complexity index is 1290. The molecule has 5 atom stereocenters. The minimum atomic E-state index is -2.23. The molecule has 1 saturated heterocycles. The monoisotopic (exact) mass is 557 g/mol. The van der Waals surface area contributed by atoms with Gasteiger partial charge in [0, 0.05) is 0 Å². The first-order valence-corrected chi connectivity index (χ1v) is 14.7. The average Bonchev–Trinajstić information content (AvgIpc) is 3.01. The van der Waals surface area contributed by atoms with Crippen LogP contribution in [0.4, 0.5) is 0 Å². The van der Waals surface area contributed by atoms with Crippen LogP contribution in [0.1, 0.15) is 22.3 Å². The Kier molecular flexibility index (Phi) is 10.6. The zero-order chi connectivity index (χ0) is 27.4. The molecular weight excluding hydrogens is 523 g/mol. The van der Waals surface area contributed by atoms with Crippen LogP contribution in [0.3, 0.4) is 0 Å². The lowest BCUT2D eigenvalue weighted by Gasteiger charge is -2.35. The first-order chi connectivity index (χ1) is 19.8. The van der Waals surface area contributed by atoms with Gasteiger partial charge in [-0.05, 0) is 26.8 Å². The number of hydrogen-bond acceptors (Lipinski definition) is 6. The predicted octanol–water partition coefficient (Wildman–Crippen LogP) is 7.06. The van der Waals surface area contributed by atoms with Gasteiger partial charge in [-0.15, -0.1) is 4.52 Å². The molecule has 206 valence electrons. The molecule has 4 aromatic rings. The van der Waals surface area contributed by atoms with E-state index in [2.05, 4.69) is 0 Å². The van der Waals surface area contributed by atoms with E-state index in [0.29, 0.717) is 19.8 Å². The van der Waals surface area contributed by atoms with E-state index in [-0.39, 0.29) is 13.2 Å². The quantitative estimate of drug-likeness (QED) is 0.164. The highest BCUT2D eigenvalue weighted by Gasteiger charge is 2.57. The topological polar surface area (TPSA) is 63.2 Å². The van der Waals surface area contributed by atoms with Crippen molar-refractivity contribution in [2.45, 2.75) is 50.6 Å². The summed E-state index contributed by atoms with van der Waals surface area (Å²) in [5, 5.41) is 0. The van der Waals surface area contributed by atoms with Gasteiger partial charge in [-0.2, -0.15) is 0 Å². The van der Waals surface area contributed by atoms with Crippen LogP contribution in [0.15, 0.2) is 121 Å². The highest BCUT2D eigenvalue weighted by molar-refractivity contribution is 7.40. The van der Waals surface area contributed by atoms with Crippen molar-refractivity contribution in [2.24, 2.45) is 0 Å². The average molecular weight is 558 g/mol. The SMILES string of the molecule is O=[P+]1O[C@H](COCc2ccccc2)[C@@H](OCc2ccccc2)[C@H](OCc2ccccc2)C1OCc1ccccc1. The second kappa shape index (κ2) is 15.0. The van der Waals surface area contributed by atoms with Gasteiger partial charge in [0.25, 0.3) is 0 Å². The van der Waals surface area contributed by atoms with Crippen LogP contribution in [-0.4, -0.2) is 30.8 Å². The molecule has 5 rings (SSSR count). The van der Waals surface area contributed by atoms with Crippen molar-refractivity contribution in [1.82, 2.24) is 0 Å². The predicted molar refractivity (Wildman–Crippen MR) is 154 cm³/mol. The van der Waals surface area contributed by atoms with Crippen LogP contribution >= 0.6 is 8.03 Å². The van der Waals surface area contributed by atoms with E-state index < -0.39 is 32.2 Å². The van der Waals surface area contributed by atoms with Crippen molar-refractivity contribution < 1.29 is 28.0 Å². The van der Waals surface area contributed by atoms with E-state index in [9.17, 15) is 4.57 Å². The van der Waals surface area contributed by atoms with Crippen molar-refractivity contribution in [3.8, 4) is 0 Å². The van der Waals surface area contributed by atoms with Gasteiger partial charge < -0.3 is 18.9 Å². The summed E-state index contributed by atoms with van der Waals surface area (Å²) >= 11 is 0. The van der Waals surface area contributed by atoms with Crippen LogP contribution in [0, 0.1) is 0 Å². The molecular formula is C33H34O6P+. The maximum atomic E-state index is 13.5. The fraction of sp³-hybridized carbons (Fsp3) is 0.273. The van der Waals surface area contributed by atoms with Crippen molar-refractivity contribution in [2.75, 3.05) is 6.61 Å². The third kappa shape index (κ3) is 8.15. The highest BCUT2D eigenvalue weighted by Crippen LogP contribution is 2.44. The third-order valence-electron chi connectivity index (χ3n) is 6.65. The fourth-order valence-electron chi connectivity index (χ4n) is 4.56. The number of ether oxygens (including phenoxy) is 4. The van der Waals surface area contributed by atoms with Crippen molar-refractivity contribution in [3.05, 3.63) is 144 Å². The summed E-state index contributed by atoms with van der Waals surface area (Å²) in [5.41, 5.74) is 4.04. The molecule has 0 saturated carbocycles. The van der Waals surface area contributed by atoms with Gasteiger partial charge in [-0.25, -0.2) is 0 Å². The fourth-order valence-corrected chi connectivity index (χ4v) is 5.82. The Hall–Kier alpha value is -3.22. The lowest BCUT2D eigenvalue weighted by atomic mass is 10.1. The number of benzene rings is 4. The van der Waals surface area contributed by atoms with E-state index in [4.69, 9.17) is 23.5 Å². The number of rotatable bonds is 13. The first kappa shape index (κ1) is 28.3. The summed E-state index contributed by atoms with van der Waals surface area (Å²) in [5.74, 6) is -0.815. The van der Waals surface area contributed by atoms with Crippen LogP contribution in [0.5, 0.6) is 0 Å². The third-order valence-corrected chi connectivity index (χ3v) is 7.98. The summed E-state index contributed by atoms with van der Waals surface area (Å²) in [6.45, 7) is 1.56. The molecule has 0 N–H and O–H groups in total. The normalized spacial score (nSPS) is 21.8. The van der Waals surface area contributed by atoms with Gasteiger partial charge in [0.15, 0.2) is 12.2 Å². The molecule has 0 radical (unpaired) electrons. The molecule has 0 bridgehead atoms. The lowest BCUT2D eigenvalue weighted by molar-refractivity contribution is -0.183. The molecule has 0 aromatic heterocycles. The minimum Gasteiger partial charge on any atom is -0.374 e. The van der Waals surface area contributed by atoms with E-state index >= 15 is 0 Å². The van der Waals surface area contributed by atoms with Gasteiger partial charge in [-0.3, -0.25) is 0 Å². The number of hydrogen-bond donors (Lipinski definition) is 0. The van der Waals surface area contributed by atoms with Gasteiger partial charge in [0.2, 0.25) is 0 Å². The van der Waals surface area contributed by atoms with Gasteiger partial charge in [0.05, 0.1) is 33.0 Å². The molecule has 1 aliphatic rings. The Morgan fingerprint density at radius 2 is 0.925 bits per heavy atom. The molecule has 0 amide bonds. The molecule has 1 fully saturated rings. The van der Waals surface area contributed by atoms with Gasteiger partial charge >= 0.3 is 13.9 Å². The van der Waals surface area contributed by atoms with Crippen molar-refractivity contribution in [3.63, 3.8) is 0 Å². The molecule has 2 unspecified atom stereocenters. The van der Waals surface area contributed by atoms with Crippen LogP contribution in [-0.2, 0) is 54.5 Å². The maximum absolute atomic E-state index is 13.5. The zero-order valence-corrected chi connectivity index (χ0v) is 23.2. The Morgan fingerprint density at radius 3 is 1.40 bits per heavy atom. The standard InChI is InChI=1S/C33H34O6P/c34-40-33(38-24-29-19-11-4-12-20-29)32(37-23-28-17-9-3-10-18-28)31(36-22-27-15-7-2-8-16-27)30(39-40)25-35-21-26-13-5-1-6-14-26/h1-20,30-33H,21-25H2/q+1/t30-,31-,32+,33?/m1/s1. The smallest absolute Gasteiger partial charge is 0.374 e. The van der Waals surface area contributed by atoms with Crippen LogP contribution in [0.25, 0.3) is 0 Å². The summed E-state index contributed by atoms with van der Waals surface area (Å²) in [6.07, 6.45) is -1.82. The highest BCUT2D eigenvalue weighted by atomic mass is 31.1. The van der Waals surface area contributed by atoms with E-state index in [0.717, 1.165) is 22.3 Å². The Labute approximate surface area is 236 Å². The molecule has 0 spiro atoms. The summed E-state index contributed by atoms with van der Waals surface area (Å²) in [6, 6.07) is 39.6. The van der Waals surface area contributed by atoms with E-state index in [1.807, 2.05) is 121 Å². The second-order valence-corrected chi connectivity index (χ2v) is 10.9. The van der Waals surface area contributed by atoms with E-state index in [1.165, 1.54) is 0 Å². The van der Waals surface area contributed by atoms with E-state index in [1.54, 1.807) is 0 Å². The molecule has 0 aliphatic carbocycles. The van der Waals surface area contributed by atoms with Crippen LogP contribution in [0.2, 0.25) is 0 Å². The van der Waals surface area contributed by atoms with Crippen LogP contribution < -0.4 is 0 Å². The molecule has 1 heterocycles. The largest absolute Gasteiger partial charge is 0.543 e. The summed E-state index contributed by atoms with van der Waals surface area (Å²) in [7, 11) is -2.23. The summed E-state index contributed by atoms with van der Waals surface area (Å²) < 4.78 is 44.8. The molecule has 1 aliphatic heterocycles. The van der Waals surface area contributed by atoms with Gasteiger partial charge in [0.1, 0.15) is 6.10 Å². The molecule has 7 heteroatoms. The Morgan fingerprint density at radius 1 is 0.525 bits per heavy atom. The summed E-state index contributed by atoms with van der Waals surface area (Å²) in [4.78, 5) is 0.